The number of nitrogens with zero attached hydrogens (tertiary/aromatic N) is 1. The van der Waals surface area contributed by atoms with E-state index in [0.717, 1.165) is 21.3 Å². The Morgan fingerprint density at radius 3 is 2.40 bits per heavy atom. The fourth-order valence-electron chi connectivity index (χ4n) is 1.90. The number of benzene rings is 1. The first-order valence-corrected chi connectivity index (χ1v) is 7.85. The van der Waals surface area contributed by atoms with Crippen molar-refractivity contribution < 1.29 is 0 Å². The van der Waals surface area contributed by atoms with Gasteiger partial charge in [-0.15, -0.1) is 0 Å². The van der Waals surface area contributed by atoms with E-state index in [0.29, 0.717) is 10.3 Å². The van der Waals surface area contributed by atoms with Crippen LogP contribution in [0.4, 0.5) is 0 Å². The van der Waals surface area contributed by atoms with Gasteiger partial charge in [0.2, 0.25) is 0 Å². The van der Waals surface area contributed by atoms with Gasteiger partial charge in [-0.3, -0.25) is 4.79 Å². The third-order valence-corrected chi connectivity index (χ3v) is 4.34. The highest BCUT2D eigenvalue weighted by molar-refractivity contribution is 9.10. The summed E-state index contributed by atoms with van der Waals surface area (Å²) in [6.45, 7) is 8.13. The Bertz CT molecular complexity index is 715. The van der Waals surface area contributed by atoms with E-state index in [2.05, 4.69) is 41.8 Å². The van der Waals surface area contributed by atoms with Gasteiger partial charge < -0.3 is 4.98 Å². The van der Waals surface area contributed by atoms with Gasteiger partial charge in [0.05, 0.1) is 5.69 Å². The minimum absolute atomic E-state index is 0.160. The molecule has 0 saturated carbocycles. The molecule has 3 nitrogen and oxygen atoms in total. The Morgan fingerprint density at radius 1 is 1.20 bits per heavy atom. The second kappa shape index (κ2) is 5.45. The predicted molar refractivity (Wildman–Crippen MR) is 89.1 cm³/mol. The van der Waals surface area contributed by atoms with Crippen LogP contribution in [0.5, 0.6) is 0 Å². The largest absolute Gasteiger partial charge is 0.306 e. The first-order valence-electron chi connectivity index (χ1n) is 6.27. The lowest BCUT2D eigenvalue weighted by atomic mass is 9.92. The van der Waals surface area contributed by atoms with Crippen molar-refractivity contribution >= 4 is 31.9 Å². The van der Waals surface area contributed by atoms with E-state index in [1.54, 1.807) is 0 Å². The summed E-state index contributed by atoms with van der Waals surface area (Å²) >= 11 is 6.86. The van der Waals surface area contributed by atoms with E-state index in [9.17, 15) is 4.79 Å². The molecular weight excluding hydrogens is 384 g/mol. The van der Waals surface area contributed by atoms with E-state index in [1.807, 2.05) is 45.9 Å². The Balaban J connectivity index is 2.70. The molecule has 0 bridgehead atoms. The number of rotatable bonds is 1. The van der Waals surface area contributed by atoms with Crippen LogP contribution >= 0.6 is 31.9 Å². The molecule has 106 valence electrons. The van der Waals surface area contributed by atoms with Gasteiger partial charge in [-0.2, -0.15) is 0 Å². The van der Waals surface area contributed by atoms with Crippen molar-refractivity contribution in [2.45, 2.75) is 33.1 Å². The molecule has 0 spiro atoms. The van der Waals surface area contributed by atoms with E-state index >= 15 is 0 Å². The van der Waals surface area contributed by atoms with Gasteiger partial charge in [-0.05, 0) is 40.5 Å². The molecule has 0 radical (unpaired) electrons. The van der Waals surface area contributed by atoms with Crippen LogP contribution in [0.2, 0.25) is 0 Å². The van der Waals surface area contributed by atoms with E-state index < -0.39 is 0 Å². The smallest absolute Gasteiger partial charge is 0.265 e. The number of nitrogens with one attached hydrogen (secondary N) is 1. The average Bonchev–Trinajstić information content (AvgIpc) is 2.31. The standard InChI is InChI=1S/C15H16Br2N2O/c1-8-5-6-9(10(16)7-8)13-18-12(15(2,3)4)11(17)14(20)19-13/h5-7H,1-4H3,(H,18,19,20). The SMILES string of the molecule is Cc1ccc(-c2nc(C(C)(C)C)c(Br)c(=O)[nH]2)c(Br)c1. The monoisotopic (exact) mass is 398 g/mol. The van der Waals surface area contributed by atoms with Crippen LogP contribution < -0.4 is 5.56 Å². The van der Waals surface area contributed by atoms with Crippen molar-refractivity contribution in [3.63, 3.8) is 0 Å². The summed E-state index contributed by atoms with van der Waals surface area (Å²) in [6, 6.07) is 5.96. The molecule has 2 aromatic rings. The minimum Gasteiger partial charge on any atom is -0.306 e. The first kappa shape index (κ1) is 15.4. The van der Waals surface area contributed by atoms with Crippen LogP contribution in [0.1, 0.15) is 32.0 Å². The Morgan fingerprint density at radius 2 is 1.85 bits per heavy atom. The molecule has 0 atom stereocenters. The maximum atomic E-state index is 12.1. The highest BCUT2D eigenvalue weighted by Crippen LogP contribution is 2.30. The van der Waals surface area contributed by atoms with Crippen molar-refractivity contribution in [1.29, 1.82) is 0 Å². The lowest BCUT2D eigenvalue weighted by Gasteiger charge is -2.20. The number of aromatic amines is 1. The van der Waals surface area contributed by atoms with E-state index in [4.69, 9.17) is 0 Å². The molecule has 1 aromatic heterocycles. The quantitative estimate of drug-likeness (QED) is 0.763. The molecule has 1 aromatic carbocycles. The summed E-state index contributed by atoms with van der Waals surface area (Å²) in [5, 5.41) is 0. The molecule has 5 heteroatoms. The van der Waals surface area contributed by atoms with Crippen LogP contribution in [0.25, 0.3) is 11.4 Å². The van der Waals surface area contributed by atoms with Crippen molar-refractivity contribution in [2.75, 3.05) is 0 Å². The highest BCUT2D eigenvalue weighted by atomic mass is 79.9. The molecule has 0 aliphatic heterocycles. The maximum Gasteiger partial charge on any atom is 0.265 e. The lowest BCUT2D eigenvalue weighted by molar-refractivity contribution is 0.562. The van der Waals surface area contributed by atoms with Crippen molar-refractivity contribution in [2.24, 2.45) is 0 Å². The number of halogens is 2. The number of H-pyrrole nitrogens is 1. The number of hydrogen-bond acceptors (Lipinski definition) is 2. The molecular formula is C15H16Br2N2O. The maximum absolute atomic E-state index is 12.1. The molecule has 20 heavy (non-hydrogen) atoms. The topological polar surface area (TPSA) is 45.8 Å². The van der Waals surface area contributed by atoms with E-state index in [1.165, 1.54) is 0 Å². The number of hydrogen-bond donors (Lipinski definition) is 1. The molecule has 2 rings (SSSR count). The minimum atomic E-state index is -0.209. The first-order chi connectivity index (χ1) is 9.20. The van der Waals surface area contributed by atoms with Gasteiger partial charge in [0.25, 0.3) is 5.56 Å². The summed E-state index contributed by atoms with van der Waals surface area (Å²) in [4.78, 5) is 19.6. The Hall–Kier alpha value is -0.940. The molecule has 1 N–H and O–H groups in total. The van der Waals surface area contributed by atoms with Crippen molar-refractivity contribution in [3.8, 4) is 11.4 Å². The molecule has 0 aliphatic carbocycles. The van der Waals surface area contributed by atoms with Crippen molar-refractivity contribution in [1.82, 2.24) is 9.97 Å². The molecule has 1 heterocycles. The predicted octanol–water partition coefficient (Wildman–Crippen LogP) is 4.57. The van der Waals surface area contributed by atoms with Gasteiger partial charge in [-0.1, -0.05) is 42.8 Å². The van der Waals surface area contributed by atoms with Crippen LogP contribution in [-0.4, -0.2) is 9.97 Å². The summed E-state index contributed by atoms with van der Waals surface area (Å²) in [5.74, 6) is 0.579. The normalized spacial score (nSPS) is 11.7. The van der Waals surface area contributed by atoms with Gasteiger partial charge in [-0.25, -0.2) is 4.98 Å². The van der Waals surface area contributed by atoms with E-state index in [-0.39, 0.29) is 11.0 Å². The summed E-state index contributed by atoms with van der Waals surface area (Å²) < 4.78 is 1.42. The third kappa shape index (κ3) is 3.04. The Kier molecular flexibility index (Phi) is 4.21. The zero-order chi connectivity index (χ0) is 15.1. The average molecular weight is 400 g/mol. The summed E-state index contributed by atoms with van der Waals surface area (Å²) in [5.41, 5.74) is 2.41. The fraction of sp³-hybridized carbons (Fsp3) is 0.333. The van der Waals surface area contributed by atoms with Crippen LogP contribution in [0, 0.1) is 6.92 Å². The highest BCUT2D eigenvalue weighted by Gasteiger charge is 2.22. The fourth-order valence-corrected chi connectivity index (χ4v) is 3.36. The third-order valence-electron chi connectivity index (χ3n) is 2.95. The van der Waals surface area contributed by atoms with Gasteiger partial charge in [0.1, 0.15) is 10.3 Å². The zero-order valence-corrected chi connectivity index (χ0v) is 15.0. The molecule has 0 unspecified atom stereocenters. The van der Waals surface area contributed by atoms with Gasteiger partial charge >= 0.3 is 0 Å². The van der Waals surface area contributed by atoms with Crippen LogP contribution in [-0.2, 0) is 5.41 Å². The summed E-state index contributed by atoms with van der Waals surface area (Å²) in [6.07, 6.45) is 0. The van der Waals surface area contributed by atoms with Gasteiger partial charge in [0.15, 0.2) is 0 Å². The number of aryl methyl sites for hydroxylation is 1. The molecule has 0 fully saturated rings. The second-order valence-corrected chi connectivity index (χ2v) is 7.46. The number of aromatic nitrogens is 2. The molecule has 0 aliphatic rings. The zero-order valence-electron chi connectivity index (χ0n) is 11.8. The van der Waals surface area contributed by atoms with Crippen LogP contribution in [0.15, 0.2) is 31.9 Å². The van der Waals surface area contributed by atoms with Crippen molar-refractivity contribution in [3.05, 3.63) is 48.8 Å². The Labute approximate surface area is 135 Å². The lowest BCUT2D eigenvalue weighted by Crippen LogP contribution is -2.22. The molecule has 0 amide bonds. The second-order valence-electron chi connectivity index (χ2n) is 5.81. The molecule has 0 saturated heterocycles. The van der Waals surface area contributed by atoms with Crippen LogP contribution in [0.3, 0.4) is 0 Å². The summed E-state index contributed by atoms with van der Waals surface area (Å²) in [7, 11) is 0. The van der Waals surface area contributed by atoms with Gasteiger partial charge in [0, 0.05) is 15.5 Å².